The van der Waals surface area contributed by atoms with E-state index >= 15 is 0 Å². The molecule has 0 aromatic carbocycles. The number of hydrogen-bond donors (Lipinski definition) is 0. The van der Waals surface area contributed by atoms with Crippen molar-refractivity contribution in [2.24, 2.45) is 0 Å². The molecule has 0 spiro atoms. The zero-order chi connectivity index (χ0) is 18.6. The van der Waals surface area contributed by atoms with E-state index in [9.17, 15) is 0 Å². The van der Waals surface area contributed by atoms with Gasteiger partial charge in [0.15, 0.2) is 0 Å². The zero-order valence-corrected chi connectivity index (χ0v) is 40.5. The SMILES string of the molecule is CCO[Si](OCC)(OCC)[SiH2][SiH2][SiH2][SiH2][SiH2][SiH2][SiH2][SiH2][SiH2][SiH2][SiH2][SiH2][SiH2][SiH2][SiH3]. The predicted octanol–water partition coefficient (Wildman–Crippen LogP) is -12.9. The molecule has 0 heterocycles. The summed E-state index contributed by atoms with van der Waals surface area (Å²) in [6, 6.07) is 0. The van der Waals surface area contributed by atoms with Gasteiger partial charge in [0.25, 0.3) is 0 Å². The van der Waals surface area contributed by atoms with Crippen LogP contribution in [0.4, 0.5) is 0 Å². The maximum Gasteiger partial charge on any atom is 0.458 e. The molecule has 0 atom stereocenters. The lowest BCUT2D eigenvalue weighted by Crippen LogP contribution is -2.55. The van der Waals surface area contributed by atoms with Gasteiger partial charge in [0.05, 0.1) is 0 Å². The van der Waals surface area contributed by atoms with Crippen LogP contribution in [0.25, 0.3) is 0 Å². The molecule has 0 unspecified atom stereocenters. The molecule has 25 heavy (non-hydrogen) atoms. The Balaban J connectivity index is 3.56. The van der Waals surface area contributed by atoms with Crippen LogP contribution in [0.15, 0.2) is 0 Å². The second kappa shape index (κ2) is 22.0. The minimum Gasteiger partial charge on any atom is -0.377 e. The van der Waals surface area contributed by atoms with E-state index in [1.54, 1.807) is 9.76 Å². The fourth-order valence-electron chi connectivity index (χ4n) is 3.36. The van der Waals surface area contributed by atoms with Crippen molar-refractivity contribution in [3.63, 3.8) is 0 Å². The van der Waals surface area contributed by atoms with Crippen LogP contribution in [-0.4, -0.2) is 158 Å². The predicted molar refractivity (Wildman–Crippen MR) is 170 cm³/mol. The van der Waals surface area contributed by atoms with Crippen molar-refractivity contribution < 1.29 is 13.3 Å². The van der Waals surface area contributed by atoms with Crippen molar-refractivity contribution in [2.75, 3.05) is 19.8 Å². The molecule has 0 rings (SSSR count). The Bertz CT molecular complexity index is 257. The molecule has 0 aromatic heterocycles. The number of rotatable bonds is 20. The van der Waals surface area contributed by atoms with Crippen molar-refractivity contribution in [2.45, 2.75) is 20.8 Å². The highest BCUT2D eigenvalue weighted by molar-refractivity contribution is 7.73. The fraction of sp³-hybridized carbons (Fsp3) is 1.00. The lowest BCUT2D eigenvalue weighted by Gasteiger charge is -2.28. The first-order valence-electron chi connectivity index (χ1n) is 11.2. The fourth-order valence-corrected chi connectivity index (χ4v) is 548. The summed E-state index contributed by atoms with van der Waals surface area (Å²) < 4.78 is 18.3. The highest BCUT2D eigenvalue weighted by Crippen LogP contribution is 2.07. The van der Waals surface area contributed by atoms with Gasteiger partial charge in [0.2, 0.25) is 0 Å². The van der Waals surface area contributed by atoms with Crippen LogP contribution in [0, 0.1) is 0 Å². The first kappa shape index (κ1) is 28.4. The Morgan fingerprint density at radius 2 is 0.880 bits per heavy atom. The molecule has 0 aliphatic heterocycles. The van der Waals surface area contributed by atoms with Gasteiger partial charge in [-0.2, -0.15) is 0 Å². The molecule has 0 amide bonds. The smallest absolute Gasteiger partial charge is 0.377 e. The van der Waals surface area contributed by atoms with Crippen LogP contribution < -0.4 is 0 Å². The van der Waals surface area contributed by atoms with Gasteiger partial charge in [-0.05, 0) is 133 Å². The van der Waals surface area contributed by atoms with E-state index in [1.165, 1.54) is 0 Å². The number of hydrogen-bond acceptors (Lipinski definition) is 3. The second-order valence-electron chi connectivity index (χ2n) is 6.97. The van der Waals surface area contributed by atoms with Crippen LogP contribution in [0.5, 0.6) is 0 Å². The van der Waals surface area contributed by atoms with E-state index in [0.29, 0.717) is 25.7 Å². The molecule has 0 aliphatic rings. The highest BCUT2D eigenvalue weighted by atomic mass is 30.1. The molecule has 0 aliphatic carbocycles. The van der Waals surface area contributed by atoms with Crippen LogP contribution in [0.2, 0.25) is 0 Å². The summed E-state index contributed by atoms with van der Waals surface area (Å²) in [6.45, 7) is 8.82. The first-order chi connectivity index (χ1) is 12.2. The Morgan fingerprint density at radius 1 is 0.560 bits per heavy atom. The summed E-state index contributed by atoms with van der Waals surface area (Å²) in [5, 5.41) is 0. The van der Waals surface area contributed by atoms with Gasteiger partial charge in [-0.3, -0.25) is 0 Å². The van der Waals surface area contributed by atoms with Crippen molar-refractivity contribution in [1.82, 2.24) is 0 Å². The van der Waals surface area contributed by atoms with E-state index in [0.717, 1.165) is 105 Å². The van der Waals surface area contributed by atoms with E-state index in [1.807, 2.05) is 0 Å². The molecule has 0 N–H and O–H groups in total. The van der Waals surface area contributed by atoms with Gasteiger partial charge in [-0.25, -0.2) is 0 Å². The molecule has 0 fully saturated rings. The van der Waals surface area contributed by atoms with E-state index in [-0.39, 0.29) is 8.55 Å². The van der Waals surface area contributed by atoms with Crippen LogP contribution in [0.1, 0.15) is 20.8 Å². The third-order valence-corrected chi connectivity index (χ3v) is 279. The van der Waals surface area contributed by atoms with Crippen molar-refractivity contribution >= 4 is 138 Å². The minimum absolute atomic E-state index is 0.0780. The van der Waals surface area contributed by atoms with Crippen molar-refractivity contribution in [3.05, 3.63) is 0 Å². The molecule has 0 aromatic rings. The summed E-state index contributed by atoms with van der Waals surface area (Å²) in [7, 11) is 9.25. The average Bonchev–Trinajstić information content (AvgIpc) is 2.60. The molecule has 19 heteroatoms. The molecular formula is C6H46O3Si16. The van der Waals surface area contributed by atoms with Gasteiger partial charge in [-0.15, -0.1) is 0 Å². The van der Waals surface area contributed by atoms with Gasteiger partial charge >= 0.3 is 8.32 Å². The van der Waals surface area contributed by atoms with Crippen LogP contribution in [0.3, 0.4) is 0 Å². The molecule has 0 saturated carbocycles. The molecule has 152 valence electrons. The summed E-state index contributed by atoms with van der Waals surface area (Å²) >= 11 is 0. The second-order valence-corrected chi connectivity index (χ2v) is 142. The molecule has 0 saturated heterocycles. The van der Waals surface area contributed by atoms with Crippen molar-refractivity contribution in [1.29, 1.82) is 0 Å². The summed E-state index contributed by atoms with van der Waals surface area (Å²) in [6.07, 6.45) is 0. The van der Waals surface area contributed by atoms with Gasteiger partial charge in [0, 0.05) is 28.4 Å². The monoisotopic (exact) mass is 614 g/mol. The van der Waals surface area contributed by atoms with Crippen molar-refractivity contribution in [3.8, 4) is 0 Å². The largest absolute Gasteiger partial charge is 0.458 e. The third kappa shape index (κ3) is 17.9. The highest BCUT2D eigenvalue weighted by Gasteiger charge is 2.38. The Morgan fingerprint density at radius 3 is 1.20 bits per heavy atom. The third-order valence-electron chi connectivity index (χ3n) is 4.68. The van der Waals surface area contributed by atoms with Crippen LogP contribution >= 0.6 is 0 Å². The quantitative estimate of drug-likeness (QED) is 0.101. The summed E-state index contributed by atoms with van der Waals surface area (Å²) in [4.78, 5) is 0. The molecule has 0 radical (unpaired) electrons. The molecular weight excluding hydrogens is 569 g/mol. The zero-order valence-electron chi connectivity index (χ0n) is 17.7. The van der Waals surface area contributed by atoms with E-state index in [2.05, 4.69) is 20.8 Å². The lowest BCUT2D eigenvalue weighted by atomic mass is 10.9. The average molecular weight is 616 g/mol. The lowest BCUT2D eigenvalue weighted by molar-refractivity contribution is 0.0936. The van der Waals surface area contributed by atoms with Gasteiger partial charge in [-0.1, -0.05) is 0 Å². The summed E-state index contributed by atoms with van der Waals surface area (Å²) in [5.41, 5.74) is 0. The van der Waals surface area contributed by atoms with Crippen LogP contribution in [-0.2, 0) is 13.3 Å². The molecule has 0 bridgehead atoms. The molecule has 3 nitrogen and oxygen atoms in total. The van der Waals surface area contributed by atoms with E-state index in [4.69, 9.17) is 13.3 Å². The Kier molecular flexibility index (Phi) is 25.0. The maximum atomic E-state index is 6.10. The van der Waals surface area contributed by atoms with Gasteiger partial charge < -0.3 is 13.3 Å². The maximum absolute atomic E-state index is 6.10. The Labute approximate surface area is 190 Å². The summed E-state index contributed by atoms with van der Waals surface area (Å²) in [5.74, 6) is 0. The topological polar surface area (TPSA) is 27.7 Å². The normalized spacial score (nSPS) is 18.8. The standard InChI is InChI=1S/C6H46O3Si16/c1-4-7-25(8-5-2,9-6-3)24-23-22-21-20-19-18-17-16-15-14-13-12-11-10/h4-6,11-24H2,1-3,10H3. The first-order valence-corrected chi connectivity index (χ1v) is 72.9. The minimum atomic E-state index is -2.07. The van der Waals surface area contributed by atoms with E-state index < -0.39 is 8.32 Å². The Hall–Kier alpha value is 3.35. The van der Waals surface area contributed by atoms with Gasteiger partial charge in [0.1, 0.15) is 8.55 Å².